The summed E-state index contributed by atoms with van der Waals surface area (Å²) in [5, 5.41) is 0.690. The van der Waals surface area contributed by atoms with Crippen molar-refractivity contribution in [2.45, 2.75) is 38.0 Å². The summed E-state index contributed by atoms with van der Waals surface area (Å²) in [5.41, 5.74) is 13.3. The fourth-order valence-electron chi connectivity index (χ4n) is 2.88. The number of nitrogens with two attached hydrogens (primary N) is 1. The summed E-state index contributed by atoms with van der Waals surface area (Å²) in [6.07, 6.45) is 2.25. The minimum Gasteiger partial charge on any atom is -0.323 e. The SMILES string of the molecule is CCC(C)SCC(N)c1ccc2c(c1)Cc1ccccc1-2. The van der Waals surface area contributed by atoms with Crippen molar-refractivity contribution in [2.24, 2.45) is 5.73 Å². The zero-order valence-corrected chi connectivity index (χ0v) is 13.6. The molecule has 2 aromatic carbocycles. The molecule has 110 valence electrons. The van der Waals surface area contributed by atoms with E-state index in [2.05, 4.69) is 56.3 Å². The number of rotatable bonds is 5. The monoisotopic (exact) mass is 297 g/mol. The van der Waals surface area contributed by atoms with Gasteiger partial charge in [-0.3, -0.25) is 0 Å². The molecule has 0 fully saturated rings. The van der Waals surface area contributed by atoms with Gasteiger partial charge >= 0.3 is 0 Å². The topological polar surface area (TPSA) is 26.0 Å². The third-order valence-corrected chi connectivity index (χ3v) is 5.84. The van der Waals surface area contributed by atoms with Crippen molar-refractivity contribution < 1.29 is 0 Å². The molecule has 0 amide bonds. The Morgan fingerprint density at radius 2 is 1.86 bits per heavy atom. The van der Waals surface area contributed by atoms with E-state index in [1.54, 1.807) is 0 Å². The molecule has 2 N–H and O–H groups in total. The summed E-state index contributed by atoms with van der Waals surface area (Å²) in [4.78, 5) is 0. The van der Waals surface area contributed by atoms with Crippen LogP contribution in [0.15, 0.2) is 42.5 Å². The lowest BCUT2D eigenvalue weighted by Crippen LogP contribution is -2.14. The van der Waals surface area contributed by atoms with E-state index in [-0.39, 0.29) is 6.04 Å². The molecular weight excluding hydrogens is 274 g/mol. The van der Waals surface area contributed by atoms with Gasteiger partial charge in [0.2, 0.25) is 0 Å². The molecule has 1 aliphatic rings. The first-order valence-electron chi connectivity index (χ1n) is 7.77. The molecule has 0 aliphatic heterocycles. The van der Waals surface area contributed by atoms with E-state index in [9.17, 15) is 0 Å². The van der Waals surface area contributed by atoms with Crippen molar-refractivity contribution in [1.29, 1.82) is 0 Å². The summed E-state index contributed by atoms with van der Waals surface area (Å²) in [5.74, 6) is 1.00. The van der Waals surface area contributed by atoms with E-state index >= 15 is 0 Å². The molecule has 2 heteroatoms. The molecule has 0 aromatic heterocycles. The van der Waals surface area contributed by atoms with E-state index in [0.29, 0.717) is 5.25 Å². The first kappa shape index (κ1) is 14.7. The fourth-order valence-corrected chi connectivity index (χ4v) is 3.84. The zero-order valence-electron chi connectivity index (χ0n) is 12.8. The highest BCUT2D eigenvalue weighted by atomic mass is 32.2. The van der Waals surface area contributed by atoms with E-state index < -0.39 is 0 Å². The van der Waals surface area contributed by atoms with Crippen LogP contribution in [0.25, 0.3) is 11.1 Å². The first-order chi connectivity index (χ1) is 10.2. The molecular formula is C19H23NS. The summed E-state index contributed by atoms with van der Waals surface area (Å²) < 4.78 is 0. The average Bonchev–Trinajstić information content (AvgIpc) is 2.89. The lowest BCUT2D eigenvalue weighted by molar-refractivity contribution is 0.819. The van der Waals surface area contributed by atoms with Gasteiger partial charge in [0, 0.05) is 17.0 Å². The van der Waals surface area contributed by atoms with Crippen LogP contribution >= 0.6 is 11.8 Å². The molecule has 21 heavy (non-hydrogen) atoms. The minimum absolute atomic E-state index is 0.137. The van der Waals surface area contributed by atoms with Gasteiger partial charge < -0.3 is 5.73 Å². The molecule has 0 heterocycles. The van der Waals surface area contributed by atoms with Gasteiger partial charge in [-0.15, -0.1) is 0 Å². The Kier molecular flexibility index (Phi) is 4.37. The normalized spacial score (nSPS) is 15.4. The van der Waals surface area contributed by atoms with E-state index in [1.807, 2.05) is 11.8 Å². The molecule has 0 spiro atoms. The van der Waals surface area contributed by atoms with Crippen LogP contribution in [0, 0.1) is 0 Å². The van der Waals surface area contributed by atoms with Crippen LogP contribution in [0.5, 0.6) is 0 Å². The van der Waals surface area contributed by atoms with Crippen molar-refractivity contribution in [3.63, 3.8) is 0 Å². The van der Waals surface area contributed by atoms with Crippen LogP contribution in [-0.2, 0) is 6.42 Å². The van der Waals surface area contributed by atoms with Crippen LogP contribution in [0.2, 0.25) is 0 Å². The molecule has 0 saturated carbocycles. The number of hydrogen-bond acceptors (Lipinski definition) is 2. The van der Waals surface area contributed by atoms with E-state index in [1.165, 1.54) is 34.2 Å². The van der Waals surface area contributed by atoms with Crippen LogP contribution < -0.4 is 5.73 Å². The standard InChI is InChI=1S/C19H23NS/c1-3-13(2)21-12-19(20)15-8-9-18-16(11-15)10-14-6-4-5-7-17(14)18/h4-9,11,13,19H,3,10,12,20H2,1-2H3. The highest BCUT2D eigenvalue weighted by molar-refractivity contribution is 7.99. The van der Waals surface area contributed by atoms with Crippen molar-refractivity contribution in [3.8, 4) is 11.1 Å². The van der Waals surface area contributed by atoms with Crippen LogP contribution in [-0.4, -0.2) is 11.0 Å². The van der Waals surface area contributed by atoms with E-state index in [0.717, 1.165) is 12.2 Å². The molecule has 1 nitrogen and oxygen atoms in total. The molecule has 2 aromatic rings. The van der Waals surface area contributed by atoms with Crippen molar-refractivity contribution in [1.82, 2.24) is 0 Å². The molecule has 1 aliphatic carbocycles. The Bertz CT molecular complexity index is 635. The predicted octanol–water partition coefficient (Wildman–Crippen LogP) is 4.79. The second-order valence-electron chi connectivity index (χ2n) is 5.91. The second kappa shape index (κ2) is 6.25. The van der Waals surface area contributed by atoms with Gasteiger partial charge in [-0.1, -0.05) is 56.3 Å². The Morgan fingerprint density at radius 3 is 2.67 bits per heavy atom. The highest BCUT2D eigenvalue weighted by Crippen LogP contribution is 2.37. The maximum Gasteiger partial charge on any atom is 0.0387 e. The Hall–Kier alpha value is -1.25. The second-order valence-corrected chi connectivity index (χ2v) is 7.38. The summed E-state index contributed by atoms with van der Waals surface area (Å²) in [6, 6.07) is 15.6. The smallest absolute Gasteiger partial charge is 0.0387 e. The maximum atomic E-state index is 6.38. The van der Waals surface area contributed by atoms with Gasteiger partial charge in [0.25, 0.3) is 0 Å². The summed E-state index contributed by atoms with van der Waals surface area (Å²) in [6.45, 7) is 4.51. The minimum atomic E-state index is 0.137. The quantitative estimate of drug-likeness (QED) is 0.733. The molecule has 2 unspecified atom stereocenters. The number of benzene rings is 2. The average molecular weight is 297 g/mol. The van der Waals surface area contributed by atoms with Crippen molar-refractivity contribution in [2.75, 3.05) is 5.75 Å². The van der Waals surface area contributed by atoms with Crippen LogP contribution in [0.3, 0.4) is 0 Å². The maximum absolute atomic E-state index is 6.38. The van der Waals surface area contributed by atoms with Crippen LogP contribution in [0.1, 0.15) is 43.0 Å². The number of thioether (sulfide) groups is 1. The van der Waals surface area contributed by atoms with Crippen molar-refractivity contribution in [3.05, 3.63) is 59.2 Å². The fraction of sp³-hybridized carbons (Fsp3) is 0.368. The largest absolute Gasteiger partial charge is 0.323 e. The van der Waals surface area contributed by atoms with Gasteiger partial charge in [-0.05, 0) is 40.7 Å². The number of fused-ring (bicyclic) bond motifs is 3. The lowest BCUT2D eigenvalue weighted by atomic mass is 10.0. The Morgan fingerprint density at radius 1 is 1.10 bits per heavy atom. The van der Waals surface area contributed by atoms with Crippen LogP contribution in [0.4, 0.5) is 0 Å². The predicted molar refractivity (Wildman–Crippen MR) is 93.8 cm³/mol. The molecule has 0 radical (unpaired) electrons. The molecule has 2 atom stereocenters. The highest BCUT2D eigenvalue weighted by Gasteiger charge is 2.19. The molecule has 0 bridgehead atoms. The number of hydrogen-bond donors (Lipinski definition) is 1. The molecule has 3 rings (SSSR count). The van der Waals surface area contributed by atoms with Gasteiger partial charge in [0.1, 0.15) is 0 Å². The van der Waals surface area contributed by atoms with Gasteiger partial charge in [-0.2, -0.15) is 11.8 Å². The Balaban J connectivity index is 1.77. The third-order valence-electron chi connectivity index (χ3n) is 4.38. The summed E-state index contributed by atoms with van der Waals surface area (Å²) in [7, 11) is 0. The van der Waals surface area contributed by atoms with Gasteiger partial charge in [0.15, 0.2) is 0 Å². The van der Waals surface area contributed by atoms with Crippen molar-refractivity contribution >= 4 is 11.8 Å². The first-order valence-corrected chi connectivity index (χ1v) is 8.82. The zero-order chi connectivity index (χ0) is 14.8. The molecule has 0 saturated heterocycles. The lowest BCUT2D eigenvalue weighted by Gasteiger charge is -2.15. The van der Waals surface area contributed by atoms with E-state index in [4.69, 9.17) is 5.73 Å². The van der Waals surface area contributed by atoms with Gasteiger partial charge in [0.05, 0.1) is 0 Å². The third kappa shape index (κ3) is 3.02. The Labute approximate surface area is 132 Å². The van der Waals surface area contributed by atoms with Gasteiger partial charge in [-0.25, -0.2) is 0 Å². The summed E-state index contributed by atoms with van der Waals surface area (Å²) >= 11 is 1.97.